The van der Waals surface area contributed by atoms with E-state index in [4.69, 9.17) is 4.74 Å². The van der Waals surface area contributed by atoms with E-state index in [1.54, 1.807) is 35.9 Å². The molecule has 3 rings (SSSR count). The Morgan fingerprint density at radius 2 is 2.04 bits per heavy atom. The monoisotopic (exact) mass is 413 g/mol. The van der Waals surface area contributed by atoms with Crippen molar-refractivity contribution in [3.8, 4) is 5.75 Å². The first-order valence-electron chi connectivity index (χ1n) is 8.42. The fraction of sp³-hybridized carbons (Fsp3) is 0.150. The third-order valence-corrected chi connectivity index (χ3v) is 5.71. The maximum absolute atomic E-state index is 12.6. The van der Waals surface area contributed by atoms with Gasteiger partial charge in [0.1, 0.15) is 5.75 Å². The summed E-state index contributed by atoms with van der Waals surface area (Å²) in [4.78, 5) is 30.4. The van der Waals surface area contributed by atoms with Gasteiger partial charge in [0.15, 0.2) is 4.80 Å². The molecule has 3 aromatic rings. The number of amides is 2. The number of hydrogen-bond acceptors (Lipinski definition) is 5. The first kappa shape index (κ1) is 19.9. The van der Waals surface area contributed by atoms with E-state index < -0.39 is 0 Å². The molecule has 1 N–H and O–H groups in total. The molecule has 0 aliphatic carbocycles. The van der Waals surface area contributed by atoms with Crippen molar-refractivity contribution >= 4 is 40.6 Å². The summed E-state index contributed by atoms with van der Waals surface area (Å²) in [5.74, 6) is 0.357. The summed E-state index contributed by atoms with van der Waals surface area (Å²) in [6, 6.07) is 14.3. The van der Waals surface area contributed by atoms with Crippen LogP contribution in [0, 0.1) is 0 Å². The Kier molecular flexibility index (Phi) is 6.67. The lowest BCUT2D eigenvalue weighted by atomic mass is 10.2. The van der Waals surface area contributed by atoms with Crippen molar-refractivity contribution in [2.24, 2.45) is 12.0 Å². The molecular formula is C20H19N3O3S2. The number of hydrogen-bond donors (Lipinski definition) is 1. The molecule has 0 atom stereocenters. The zero-order valence-electron chi connectivity index (χ0n) is 15.4. The van der Waals surface area contributed by atoms with Crippen LogP contribution in [0.5, 0.6) is 5.75 Å². The van der Waals surface area contributed by atoms with E-state index in [9.17, 15) is 9.59 Å². The number of carbonyl (C=O) groups is 2. The highest BCUT2D eigenvalue weighted by Gasteiger charge is 2.13. The van der Waals surface area contributed by atoms with Crippen LogP contribution in [0.2, 0.25) is 0 Å². The molecule has 0 bridgehead atoms. The van der Waals surface area contributed by atoms with E-state index in [1.807, 2.05) is 42.9 Å². The van der Waals surface area contributed by atoms with Gasteiger partial charge in [-0.05, 0) is 24.3 Å². The minimum Gasteiger partial charge on any atom is -0.497 e. The van der Waals surface area contributed by atoms with Crippen LogP contribution < -0.4 is 14.9 Å². The molecule has 0 fully saturated rings. The Balaban J connectivity index is 1.69. The first-order chi connectivity index (χ1) is 13.6. The van der Waals surface area contributed by atoms with Gasteiger partial charge in [0, 0.05) is 35.3 Å². The van der Waals surface area contributed by atoms with Crippen LogP contribution in [0.15, 0.2) is 70.0 Å². The van der Waals surface area contributed by atoms with Gasteiger partial charge >= 0.3 is 0 Å². The second-order valence-electron chi connectivity index (χ2n) is 5.78. The fourth-order valence-corrected chi connectivity index (χ4v) is 3.96. The number of carbonyl (C=O) groups excluding carboxylic acids is 2. The number of ether oxygens (including phenoxy) is 1. The van der Waals surface area contributed by atoms with E-state index >= 15 is 0 Å². The minimum atomic E-state index is -0.325. The van der Waals surface area contributed by atoms with Gasteiger partial charge in [0.2, 0.25) is 5.91 Å². The molecule has 0 aliphatic rings. The van der Waals surface area contributed by atoms with E-state index in [2.05, 4.69) is 10.3 Å². The second-order valence-corrected chi connectivity index (χ2v) is 7.67. The number of anilines is 1. The zero-order valence-corrected chi connectivity index (χ0v) is 17.0. The molecule has 0 radical (unpaired) electrons. The van der Waals surface area contributed by atoms with Crippen molar-refractivity contribution in [1.29, 1.82) is 0 Å². The Morgan fingerprint density at radius 1 is 1.21 bits per heavy atom. The average molecular weight is 414 g/mol. The number of rotatable bonds is 6. The number of benzene rings is 2. The molecule has 8 heteroatoms. The van der Waals surface area contributed by atoms with E-state index in [0.29, 0.717) is 21.8 Å². The average Bonchev–Trinajstić information content (AvgIpc) is 3.11. The molecule has 144 valence electrons. The highest BCUT2D eigenvalue weighted by atomic mass is 32.2. The molecular weight excluding hydrogens is 394 g/mol. The van der Waals surface area contributed by atoms with Crippen molar-refractivity contribution in [3.05, 3.63) is 70.5 Å². The topological polar surface area (TPSA) is 72.7 Å². The molecule has 0 saturated carbocycles. The van der Waals surface area contributed by atoms with Crippen LogP contribution in [0.4, 0.5) is 5.69 Å². The third-order valence-electron chi connectivity index (χ3n) is 3.79. The lowest BCUT2D eigenvalue weighted by molar-refractivity contribution is -0.113. The van der Waals surface area contributed by atoms with Crippen LogP contribution in [-0.4, -0.2) is 29.2 Å². The van der Waals surface area contributed by atoms with Crippen LogP contribution >= 0.6 is 23.1 Å². The molecule has 0 saturated heterocycles. The largest absolute Gasteiger partial charge is 0.497 e. The predicted molar refractivity (Wildman–Crippen MR) is 112 cm³/mol. The number of thiazole rings is 1. The summed E-state index contributed by atoms with van der Waals surface area (Å²) >= 11 is 2.70. The Morgan fingerprint density at radius 3 is 2.79 bits per heavy atom. The van der Waals surface area contributed by atoms with Gasteiger partial charge in [-0.1, -0.05) is 18.2 Å². The molecule has 6 nitrogen and oxygen atoms in total. The number of nitrogens with one attached hydrogen (secondary N) is 1. The Labute approximate surface area is 170 Å². The second kappa shape index (κ2) is 9.38. The molecule has 2 aromatic carbocycles. The van der Waals surface area contributed by atoms with E-state index in [1.165, 1.54) is 23.1 Å². The van der Waals surface area contributed by atoms with Gasteiger partial charge < -0.3 is 14.6 Å². The maximum Gasteiger partial charge on any atom is 0.280 e. The summed E-state index contributed by atoms with van der Waals surface area (Å²) in [6.45, 7) is 0. The first-order valence-corrected chi connectivity index (χ1v) is 10.3. The van der Waals surface area contributed by atoms with E-state index in [0.717, 1.165) is 4.90 Å². The standard InChI is InChI=1S/C20H19N3O3S2/c1-23-10-11-27-20(23)22-19(25)16-8-3-4-9-17(16)28-13-18(24)21-14-6-5-7-15(12-14)26-2/h3-12H,13H2,1-2H3,(H,21,24). The number of aryl methyl sites for hydroxylation is 1. The lowest BCUT2D eigenvalue weighted by Crippen LogP contribution is -2.15. The highest BCUT2D eigenvalue weighted by molar-refractivity contribution is 8.00. The number of aromatic nitrogens is 1. The van der Waals surface area contributed by atoms with Crippen molar-refractivity contribution in [2.45, 2.75) is 4.90 Å². The van der Waals surface area contributed by atoms with Crippen molar-refractivity contribution in [2.75, 3.05) is 18.2 Å². The molecule has 0 aliphatic heterocycles. The normalized spacial score (nSPS) is 11.3. The van der Waals surface area contributed by atoms with E-state index in [-0.39, 0.29) is 17.6 Å². The molecule has 1 aromatic heterocycles. The highest BCUT2D eigenvalue weighted by Crippen LogP contribution is 2.24. The molecule has 0 unspecified atom stereocenters. The zero-order chi connectivity index (χ0) is 19.9. The Hall–Kier alpha value is -2.84. The fourth-order valence-electron chi connectivity index (χ4n) is 2.39. The van der Waals surface area contributed by atoms with Gasteiger partial charge in [0.05, 0.1) is 18.4 Å². The smallest absolute Gasteiger partial charge is 0.280 e. The van der Waals surface area contributed by atoms with Crippen molar-refractivity contribution < 1.29 is 14.3 Å². The van der Waals surface area contributed by atoms with Gasteiger partial charge in [-0.2, -0.15) is 4.99 Å². The van der Waals surface area contributed by atoms with Crippen molar-refractivity contribution in [3.63, 3.8) is 0 Å². The minimum absolute atomic E-state index is 0.165. The summed E-state index contributed by atoms with van der Waals surface area (Å²) in [7, 11) is 3.41. The van der Waals surface area contributed by atoms with Crippen LogP contribution in [0.3, 0.4) is 0 Å². The Bertz CT molecular complexity index is 1060. The van der Waals surface area contributed by atoms with Gasteiger partial charge in [-0.25, -0.2) is 0 Å². The van der Waals surface area contributed by atoms with Gasteiger partial charge in [-0.15, -0.1) is 23.1 Å². The number of thioether (sulfide) groups is 1. The molecule has 0 spiro atoms. The summed E-state index contributed by atoms with van der Waals surface area (Å²) in [5.41, 5.74) is 1.14. The van der Waals surface area contributed by atoms with Gasteiger partial charge in [0.25, 0.3) is 5.91 Å². The van der Waals surface area contributed by atoms with Crippen LogP contribution in [0.25, 0.3) is 0 Å². The number of methoxy groups -OCH3 is 1. The van der Waals surface area contributed by atoms with Crippen molar-refractivity contribution in [1.82, 2.24) is 4.57 Å². The quantitative estimate of drug-likeness (QED) is 0.627. The van der Waals surface area contributed by atoms with Crippen LogP contribution in [-0.2, 0) is 11.8 Å². The number of nitrogens with zero attached hydrogens (tertiary/aromatic N) is 2. The summed E-state index contributed by atoms with van der Waals surface area (Å²) in [6.07, 6.45) is 1.85. The predicted octanol–water partition coefficient (Wildman–Crippen LogP) is 3.57. The third kappa shape index (κ3) is 5.11. The molecule has 1 heterocycles. The lowest BCUT2D eigenvalue weighted by Gasteiger charge is -2.08. The van der Waals surface area contributed by atoms with Crippen LogP contribution in [0.1, 0.15) is 10.4 Å². The summed E-state index contributed by atoms with van der Waals surface area (Å²) in [5, 5.41) is 4.70. The maximum atomic E-state index is 12.6. The SMILES string of the molecule is COc1cccc(NC(=O)CSc2ccccc2C(=O)N=c2sccn2C)c1. The summed E-state index contributed by atoms with van der Waals surface area (Å²) < 4.78 is 6.95. The molecule has 2 amide bonds. The molecule has 28 heavy (non-hydrogen) atoms. The van der Waals surface area contributed by atoms with Gasteiger partial charge in [-0.3, -0.25) is 9.59 Å².